The van der Waals surface area contributed by atoms with Gasteiger partial charge in [0.2, 0.25) is 10.0 Å². The van der Waals surface area contributed by atoms with Crippen molar-refractivity contribution < 1.29 is 8.42 Å². The molecule has 5 nitrogen and oxygen atoms in total. The third kappa shape index (κ3) is 4.86. The molecule has 2 aromatic rings. The maximum atomic E-state index is 13.6. The van der Waals surface area contributed by atoms with E-state index in [1.54, 1.807) is 6.20 Å². The van der Waals surface area contributed by atoms with Gasteiger partial charge in [-0.1, -0.05) is 59.7 Å². The molecule has 1 aromatic heterocycles. The molecule has 0 saturated carbocycles. The normalized spacial score (nSPS) is 17.5. The topological polar surface area (TPSA) is 62.3 Å². The molecule has 6 heteroatoms. The molecule has 0 amide bonds. The number of benzene rings is 1. The molecule has 0 aliphatic carbocycles. The maximum Gasteiger partial charge on any atom is 0.241 e. The predicted octanol–water partition coefficient (Wildman–Crippen LogP) is 5.01. The van der Waals surface area contributed by atoms with Crippen LogP contribution in [-0.2, 0) is 10.0 Å². The third-order valence-corrected chi connectivity index (χ3v) is 7.48. The molecule has 1 saturated heterocycles. The lowest BCUT2D eigenvalue weighted by Gasteiger charge is -2.24. The van der Waals surface area contributed by atoms with Crippen molar-refractivity contribution in [1.29, 1.82) is 0 Å². The zero-order chi connectivity index (χ0) is 22.1. The molecule has 3 rings (SSSR count). The van der Waals surface area contributed by atoms with Gasteiger partial charge in [0, 0.05) is 25.3 Å². The number of aromatic nitrogens is 1. The number of nitrogens with zero attached hydrogens (tertiary/aromatic N) is 2. The second-order valence-corrected chi connectivity index (χ2v) is 10.9. The van der Waals surface area contributed by atoms with Crippen LogP contribution in [0.5, 0.6) is 0 Å². The summed E-state index contributed by atoms with van der Waals surface area (Å²) in [5.41, 5.74) is 3.03. The van der Waals surface area contributed by atoms with Crippen LogP contribution in [0.15, 0.2) is 41.4 Å². The van der Waals surface area contributed by atoms with E-state index < -0.39 is 10.0 Å². The Bertz CT molecular complexity index is 940. The molecule has 1 aromatic carbocycles. The Morgan fingerprint density at radius 1 is 1.00 bits per heavy atom. The largest absolute Gasteiger partial charge is 0.355 e. The molecule has 0 bridgehead atoms. The number of hydrogen-bond acceptors (Lipinski definition) is 4. The molecule has 1 unspecified atom stereocenters. The Kier molecular flexibility index (Phi) is 6.88. The van der Waals surface area contributed by atoms with Crippen LogP contribution in [0, 0.1) is 0 Å². The van der Waals surface area contributed by atoms with Gasteiger partial charge in [-0.05, 0) is 53.0 Å². The van der Waals surface area contributed by atoms with Crippen LogP contribution in [0.4, 0.5) is 5.82 Å². The molecule has 1 fully saturated rings. The summed E-state index contributed by atoms with van der Waals surface area (Å²) >= 11 is 0. The minimum Gasteiger partial charge on any atom is -0.355 e. The summed E-state index contributed by atoms with van der Waals surface area (Å²) in [6.07, 6.45) is 2.54. The van der Waals surface area contributed by atoms with E-state index in [-0.39, 0.29) is 17.9 Å². The molecule has 1 atom stereocenters. The number of hydrogen-bond donors (Lipinski definition) is 1. The van der Waals surface area contributed by atoms with Crippen molar-refractivity contribution in [2.75, 3.05) is 18.0 Å². The predicted molar refractivity (Wildman–Crippen MR) is 124 cm³/mol. The van der Waals surface area contributed by atoms with Crippen molar-refractivity contribution in [3.05, 3.63) is 53.2 Å². The molecule has 0 spiro atoms. The number of rotatable bonds is 7. The lowest BCUT2D eigenvalue weighted by atomic mass is 9.89. The van der Waals surface area contributed by atoms with Crippen molar-refractivity contribution in [1.82, 2.24) is 9.71 Å². The van der Waals surface area contributed by atoms with E-state index in [1.165, 1.54) is 5.56 Å². The lowest BCUT2D eigenvalue weighted by Crippen LogP contribution is -2.38. The Labute approximate surface area is 182 Å². The van der Waals surface area contributed by atoms with E-state index in [4.69, 9.17) is 0 Å². The van der Waals surface area contributed by atoms with Crippen LogP contribution >= 0.6 is 0 Å². The Morgan fingerprint density at radius 3 is 2.13 bits per heavy atom. The standard InChI is InChI=1S/C24H35N3O2S/c1-16(2)19-13-21(17(3)4)24(22(14-19)18(5)6)30(28,29)26-20-10-12-27(15-20)23-9-7-8-11-25-23/h7-9,11,13-14,16-18,20,26H,10,12,15H2,1-6H3. The zero-order valence-electron chi connectivity index (χ0n) is 19.0. The molecule has 30 heavy (non-hydrogen) atoms. The zero-order valence-corrected chi connectivity index (χ0v) is 19.8. The van der Waals surface area contributed by atoms with E-state index in [2.05, 4.69) is 68.3 Å². The number of sulfonamides is 1. The van der Waals surface area contributed by atoms with Gasteiger partial charge in [0.1, 0.15) is 5.82 Å². The second kappa shape index (κ2) is 9.06. The highest BCUT2D eigenvalue weighted by Gasteiger charge is 2.32. The Balaban J connectivity index is 1.94. The fourth-order valence-corrected chi connectivity index (χ4v) is 6.04. The molecular weight excluding hydrogens is 394 g/mol. The van der Waals surface area contributed by atoms with Crippen LogP contribution in [0.3, 0.4) is 0 Å². The summed E-state index contributed by atoms with van der Waals surface area (Å²) in [6, 6.07) is 9.87. The number of nitrogens with one attached hydrogen (secondary N) is 1. The quantitative estimate of drug-likeness (QED) is 0.672. The molecule has 1 N–H and O–H groups in total. The molecule has 164 valence electrons. The van der Waals surface area contributed by atoms with Gasteiger partial charge in [0.05, 0.1) is 4.90 Å². The summed E-state index contributed by atoms with van der Waals surface area (Å²) in [5.74, 6) is 1.50. The third-order valence-electron chi connectivity index (χ3n) is 5.83. The van der Waals surface area contributed by atoms with E-state index >= 15 is 0 Å². The van der Waals surface area contributed by atoms with Gasteiger partial charge in [-0.25, -0.2) is 18.1 Å². The maximum absolute atomic E-state index is 13.6. The lowest BCUT2D eigenvalue weighted by molar-refractivity contribution is 0.556. The first-order chi connectivity index (χ1) is 14.1. The molecule has 1 aliphatic heterocycles. The average Bonchev–Trinajstić information content (AvgIpc) is 3.15. The van der Waals surface area contributed by atoms with E-state index in [9.17, 15) is 8.42 Å². The van der Waals surface area contributed by atoms with Crippen LogP contribution in [0.25, 0.3) is 0 Å². The van der Waals surface area contributed by atoms with Crippen LogP contribution in [0.2, 0.25) is 0 Å². The van der Waals surface area contributed by atoms with Crippen molar-refractivity contribution in [2.45, 2.75) is 76.7 Å². The first kappa shape index (κ1) is 22.8. The monoisotopic (exact) mass is 429 g/mol. The van der Waals surface area contributed by atoms with E-state index in [1.807, 2.05) is 18.2 Å². The molecular formula is C24H35N3O2S. The van der Waals surface area contributed by atoms with Crippen molar-refractivity contribution in [2.24, 2.45) is 0 Å². The van der Waals surface area contributed by atoms with Gasteiger partial charge in [0.25, 0.3) is 0 Å². The van der Waals surface area contributed by atoms with Crippen molar-refractivity contribution in [3.8, 4) is 0 Å². The van der Waals surface area contributed by atoms with E-state index in [0.717, 1.165) is 29.9 Å². The second-order valence-electron chi connectivity index (χ2n) is 9.23. The summed E-state index contributed by atoms with van der Waals surface area (Å²) < 4.78 is 30.2. The van der Waals surface area contributed by atoms with Gasteiger partial charge in [-0.2, -0.15) is 0 Å². The van der Waals surface area contributed by atoms with Crippen molar-refractivity contribution in [3.63, 3.8) is 0 Å². The highest BCUT2D eigenvalue weighted by atomic mass is 32.2. The van der Waals surface area contributed by atoms with Crippen LogP contribution in [0.1, 0.15) is 82.4 Å². The highest BCUT2D eigenvalue weighted by Crippen LogP contribution is 2.35. The van der Waals surface area contributed by atoms with Gasteiger partial charge in [-0.15, -0.1) is 0 Å². The minimum absolute atomic E-state index is 0.123. The molecule has 0 radical (unpaired) electrons. The summed E-state index contributed by atoms with van der Waals surface area (Å²) in [7, 11) is -3.64. The van der Waals surface area contributed by atoms with Crippen LogP contribution in [-0.4, -0.2) is 32.5 Å². The van der Waals surface area contributed by atoms with E-state index in [0.29, 0.717) is 17.4 Å². The smallest absolute Gasteiger partial charge is 0.241 e. The van der Waals surface area contributed by atoms with Gasteiger partial charge in [0.15, 0.2) is 0 Å². The number of anilines is 1. The average molecular weight is 430 g/mol. The fraction of sp³-hybridized carbons (Fsp3) is 0.542. The molecule has 2 heterocycles. The first-order valence-corrected chi connectivity index (χ1v) is 12.4. The first-order valence-electron chi connectivity index (χ1n) is 11.0. The summed E-state index contributed by atoms with van der Waals surface area (Å²) in [6.45, 7) is 14.0. The van der Waals surface area contributed by atoms with Gasteiger partial charge >= 0.3 is 0 Å². The SMILES string of the molecule is CC(C)c1cc(C(C)C)c(S(=O)(=O)NC2CCN(c3ccccn3)C2)c(C(C)C)c1. The fourth-order valence-electron chi connectivity index (χ4n) is 4.08. The van der Waals surface area contributed by atoms with Crippen LogP contribution < -0.4 is 9.62 Å². The molecule has 1 aliphatic rings. The number of pyridine rings is 1. The minimum atomic E-state index is -3.64. The Morgan fingerprint density at radius 2 is 1.63 bits per heavy atom. The Hall–Kier alpha value is -1.92. The van der Waals surface area contributed by atoms with Crippen molar-refractivity contribution >= 4 is 15.8 Å². The summed E-state index contributed by atoms with van der Waals surface area (Å²) in [5, 5.41) is 0. The van der Waals surface area contributed by atoms with Gasteiger partial charge in [-0.3, -0.25) is 0 Å². The summed E-state index contributed by atoms with van der Waals surface area (Å²) in [4.78, 5) is 7.02. The van der Waals surface area contributed by atoms with Gasteiger partial charge < -0.3 is 4.90 Å². The highest BCUT2D eigenvalue weighted by molar-refractivity contribution is 7.89.